The first kappa shape index (κ1) is 21.6. The minimum atomic E-state index is 0.586. The molecule has 0 unspecified atom stereocenters. The van der Waals surface area contributed by atoms with Gasteiger partial charge in [-0.1, -0.05) is 44.7 Å². The van der Waals surface area contributed by atoms with Crippen molar-refractivity contribution in [2.24, 2.45) is 10.2 Å². The zero-order valence-electron chi connectivity index (χ0n) is 16.9. The van der Waals surface area contributed by atoms with Crippen LogP contribution in [0.15, 0.2) is 58.8 Å². The van der Waals surface area contributed by atoms with Crippen molar-refractivity contribution in [2.75, 3.05) is 6.61 Å². The van der Waals surface area contributed by atoms with E-state index in [0.29, 0.717) is 13.0 Å². The number of rotatable bonds is 13. The Balaban J connectivity index is 1.74. The fourth-order valence-corrected chi connectivity index (χ4v) is 2.88. The predicted molar refractivity (Wildman–Crippen MR) is 114 cm³/mol. The predicted octanol–water partition coefficient (Wildman–Crippen LogP) is 7.69. The summed E-state index contributed by atoms with van der Waals surface area (Å²) in [5.41, 5.74) is 3.04. The molecular formula is C24H31N3O. The first-order valence-corrected chi connectivity index (χ1v) is 10.4. The SMILES string of the molecule is CCCCCCCc1ccc(N=Nc2ccc(OCCCCC#N)cc2)cc1. The van der Waals surface area contributed by atoms with Gasteiger partial charge in [0, 0.05) is 6.42 Å². The van der Waals surface area contributed by atoms with E-state index >= 15 is 0 Å². The van der Waals surface area contributed by atoms with Gasteiger partial charge in [0.05, 0.1) is 24.1 Å². The molecule has 0 aliphatic carbocycles. The summed E-state index contributed by atoms with van der Waals surface area (Å²) < 4.78 is 5.66. The Kier molecular flexibility index (Phi) is 10.4. The summed E-state index contributed by atoms with van der Waals surface area (Å²) in [6.45, 7) is 2.88. The summed E-state index contributed by atoms with van der Waals surface area (Å²) in [5.74, 6) is 0.819. The number of unbranched alkanes of at least 4 members (excludes halogenated alkanes) is 6. The van der Waals surface area contributed by atoms with Gasteiger partial charge in [0.15, 0.2) is 0 Å². The van der Waals surface area contributed by atoms with Crippen molar-refractivity contribution in [3.05, 3.63) is 54.1 Å². The van der Waals surface area contributed by atoms with Gasteiger partial charge in [0.1, 0.15) is 5.75 Å². The summed E-state index contributed by atoms with van der Waals surface area (Å²) >= 11 is 0. The lowest BCUT2D eigenvalue weighted by Gasteiger charge is -2.05. The molecule has 0 fully saturated rings. The van der Waals surface area contributed by atoms with Gasteiger partial charge < -0.3 is 4.74 Å². The lowest BCUT2D eigenvalue weighted by atomic mass is 10.1. The third-order valence-electron chi connectivity index (χ3n) is 4.57. The molecule has 2 aromatic rings. The fourth-order valence-electron chi connectivity index (χ4n) is 2.88. The standard InChI is InChI=1S/C24H31N3O/c1-2-3-4-5-7-10-21-11-13-22(14-12-21)26-27-23-15-17-24(18-16-23)28-20-9-6-8-19-25/h11-18H,2-10,20H2,1H3. The summed E-state index contributed by atoms with van der Waals surface area (Å²) in [4.78, 5) is 0. The lowest BCUT2D eigenvalue weighted by Crippen LogP contribution is -1.96. The van der Waals surface area contributed by atoms with E-state index in [1.54, 1.807) is 0 Å². The molecule has 0 atom stereocenters. The van der Waals surface area contributed by atoms with Crippen LogP contribution in [0.2, 0.25) is 0 Å². The topological polar surface area (TPSA) is 57.7 Å². The van der Waals surface area contributed by atoms with Crippen LogP contribution in [0.25, 0.3) is 0 Å². The third-order valence-corrected chi connectivity index (χ3v) is 4.57. The quantitative estimate of drug-likeness (QED) is 0.265. The van der Waals surface area contributed by atoms with Crippen LogP contribution in [0, 0.1) is 11.3 Å². The highest BCUT2D eigenvalue weighted by Crippen LogP contribution is 2.22. The molecular weight excluding hydrogens is 346 g/mol. The molecule has 148 valence electrons. The van der Waals surface area contributed by atoms with Gasteiger partial charge in [-0.05, 0) is 67.6 Å². The molecule has 0 N–H and O–H groups in total. The molecule has 0 aromatic heterocycles. The maximum atomic E-state index is 8.51. The van der Waals surface area contributed by atoms with Crippen molar-refractivity contribution in [3.63, 3.8) is 0 Å². The second-order valence-corrected chi connectivity index (χ2v) is 6.99. The number of aryl methyl sites for hydroxylation is 1. The molecule has 28 heavy (non-hydrogen) atoms. The largest absolute Gasteiger partial charge is 0.494 e. The van der Waals surface area contributed by atoms with Gasteiger partial charge in [-0.25, -0.2) is 0 Å². The van der Waals surface area contributed by atoms with E-state index in [0.717, 1.165) is 36.4 Å². The molecule has 2 aromatic carbocycles. The second-order valence-electron chi connectivity index (χ2n) is 6.99. The normalized spacial score (nSPS) is 10.9. The van der Waals surface area contributed by atoms with Crippen molar-refractivity contribution in [1.29, 1.82) is 5.26 Å². The lowest BCUT2D eigenvalue weighted by molar-refractivity contribution is 0.307. The molecule has 0 spiro atoms. The second kappa shape index (κ2) is 13.5. The Morgan fingerprint density at radius 3 is 2.07 bits per heavy atom. The van der Waals surface area contributed by atoms with Crippen molar-refractivity contribution in [2.45, 2.75) is 64.7 Å². The van der Waals surface area contributed by atoms with Crippen molar-refractivity contribution >= 4 is 11.4 Å². The maximum absolute atomic E-state index is 8.51. The number of nitrogens with zero attached hydrogens (tertiary/aromatic N) is 3. The van der Waals surface area contributed by atoms with Crippen molar-refractivity contribution < 1.29 is 4.74 Å². The molecule has 0 bridgehead atoms. The molecule has 4 heteroatoms. The van der Waals surface area contributed by atoms with E-state index in [9.17, 15) is 0 Å². The first-order valence-electron chi connectivity index (χ1n) is 10.4. The van der Waals surface area contributed by atoms with E-state index in [4.69, 9.17) is 10.00 Å². The number of nitriles is 1. The number of benzene rings is 2. The minimum absolute atomic E-state index is 0.586. The molecule has 0 aliphatic rings. The van der Waals surface area contributed by atoms with E-state index in [-0.39, 0.29) is 0 Å². The molecule has 0 aliphatic heterocycles. The number of azo groups is 1. The summed E-state index contributed by atoms with van der Waals surface area (Å²) in [6.07, 6.45) is 10.0. The van der Waals surface area contributed by atoms with Crippen LogP contribution in [0.4, 0.5) is 11.4 Å². The zero-order chi connectivity index (χ0) is 19.9. The van der Waals surface area contributed by atoms with Crippen LogP contribution in [0.3, 0.4) is 0 Å². The Morgan fingerprint density at radius 2 is 1.43 bits per heavy atom. The van der Waals surface area contributed by atoms with Gasteiger partial charge >= 0.3 is 0 Å². The zero-order valence-corrected chi connectivity index (χ0v) is 16.9. The summed E-state index contributed by atoms with van der Waals surface area (Å²) in [6, 6.07) is 18.1. The number of ether oxygens (including phenoxy) is 1. The molecule has 0 saturated carbocycles. The van der Waals surface area contributed by atoms with Gasteiger partial charge in [-0.2, -0.15) is 15.5 Å². The smallest absolute Gasteiger partial charge is 0.119 e. The van der Waals surface area contributed by atoms with Gasteiger partial charge in [-0.3, -0.25) is 0 Å². The molecule has 0 amide bonds. The summed E-state index contributed by atoms with van der Waals surface area (Å²) in [5, 5.41) is 17.1. The van der Waals surface area contributed by atoms with Crippen molar-refractivity contribution in [3.8, 4) is 11.8 Å². The van der Waals surface area contributed by atoms with E-state index in [2.05, 4.69) is 35.4 Å². The molecule has 0 saturated heterocycles. The highest BCUT2D eigenvalue weighted by Gasteiger charge is 1.97. The van der Waals surface area contributed by atoms with E-state index in [1.165, 1.54) is 37.7 Å². The van der Waals surface area contributed by atoms with Crippen LogP contribution in [-0.2, 0) is 6.42 Å². The highest BCUT2D eigenvalue weighted by molar-refractivity contribution is 5.43. The van der Waals surface area contributed by atoms with Crippen LogP contribution in [-0.4, -0.2) is 6.61 Å². The van der Waals surface area contributed by atoms with Crippen molar-refractivity contribution in [1.82, 2.24) is 0 Å². The maximum Gasteiger partial charge on any atom is 0.119 e. The Bertz CT molecular complexity index is 730. The van der Waals surface area contributed by atoms with Gasteiger partial charge in [0.2, 0.25) is 0 Å². The summed E-state index contributed by atoms with van der Waals surface area (Å²) in [7, 11) is 0. The van der Waals surface area contributed by atoms with Crippen LogP contribution >= 0.6 is 0 Å². The number of hydrogen-bond donors (Lipinski definition) is 0. The molecule has 2 rings (SSSR count). The average Bonchev–Trinajstić information content (AvgIpc) is 2.74. The third kappa shape index (κ3) is 8.81. The fraction of sp³-hybridized carbons (Fsp3) is 0.458. The Labute approximate surface area is 169 Å². The Hall–Kier alpha value is -2.67. The molecule has 0 radical (unpaired) electrons. The highest BCUT2D eigenvalue weighted by atomic mass is 16.5. The van der Waals surface area contributed by atoms with E-state index < -0.39 is 0 Å². The Morgan fingerprint density at radius 1 is 0.786 bits per heavy atom. The monoisotopic (exact) mass is 377 g/mol. The minimum Gasteiger partial charge on any atom is -0.494 e. The van der Waals surface area contributed by atoms with Crippen LogP contribution in [0.1, 0.15) is 63.9 Å². The first-order chi connectivity index (χ1) is 13.8. The van der Waals surface area contributed by atoms with E-state index in [1.807, 2.05) is 36.4 Å². The average molecular weight is 378 g/mol. The number of hydrogen-bond acceptors (Lipinski definition) is 4. The van der Waals surface area contributed by atoms with Crippen LogP contribution in [0.5, 0.6) is 5.75 Å². The van der Waals surface area contributed by atoms with Crippen LogP contribution < -0.4 is 4.74 Å². The van der Waals surface area contributed by atoms with Gasteiger partial charge in [-0.15, -0.1) is 0 Å². The molecule has 4 nitrogen and oxygen atoms in total. The van der Waals surface area contributed by atoms with Gasteiger partial charge in [0.25, 0.3) is 0 Å². The molecule has 0 heterocycles.